The highest BCUT2D eigenvalue weighted by Crippen LogP contribution is 2.38. The summed E-state index contributed by atoms with van der Waals surface area (Å²) in [5, 5.41) is 0.541. The van der Waals surface area contributed by atoms with Crippen LogP contribution in [0.3, 0.4) is 0 Å². The van der Waals surface area contributed by atoms with Gasteiger partial charge >= 0.3 is 0 Å². The Bertz CT molecular complexity index is 341. The summed E-state index contributed by atoms with van der Waals surface area (Å²) in [5.41, 5.74) is 13.1. The van der Waals surface area contributed by atoms with Crippen LogP contribution in [0.4, 0.5) is 5.69 Å². The Labute approximate surface area is 81.6 Å². The quantitative estimate of drug-likeness (QED) is 0.624. The maximum atomic E-state index is 5.90. The van der Waals surface area contributed by atoms with Crippen LogP contribution in [0.1, 0.15) is 18.0 Å². The molecule has 70 valence electrons. The molecule has 1 heterocycles. The average Bonchev–Trinajstić information content (AvgIpc) is 2.12. The SMILES string of the molecule is Nc1c(Cl)ccc2c1[C@H](N)CCO2. The predicted molar refractivity (Wildman–Crippen MR) is 52.9 cm³/mol. The van der Waals surface area contributed by atoms with E-state index in [0.717, 1.165) is 17.7 Å². The first kappa shape index (κ1) is 8.66. The zero-order valence-electron chi connectivity index (χ0n) is 7.09. The molecule has 1 aromatic rings. The first-order valence-corrected chi connectivity index (χ1v) is 4.54. The number of hydrogen-bond acceptors (Lipinski definition) is 3. The van der Waals surface area contributed by atoms with Gasteiger partial charge in [0, 0.05) is 18.0 Å². The third-order valence-electron chi connectivity index (χ3n) is 2.25. The molecule has 0 aliphatic carbocycles. The van der Waals surface area contributed by atoms with Gasteiger partial charge in [-0.15, -0.1) is 0 Å². The van der Waals surface area contributed by atoms with Gasteiger partial charge in [0.25, 0.3) is 0 Å². The molecule has 1 aliphatic heterocycles. The molecule has 0 radical (unpaired) electrons. The fourth-order valence-corrected chi connectivity index (χ4v) is 1.70. The molecule has 0 bridgehead atoms. The molecule has 0 unspecified atom stereocenters. The van der Waals surface area contributed by atoms with Crippen molar-refractivity contribution in [2.45, 2.75) is 12.5 Å². The summed E-state index contributed by atoms with van der Waals surface area (Å²) in [6.07, 6.45) is 0.789. The van der Waals surface area contributed by atoms with E-state index < -0.39 is 0 Å². The highest BCUT2D eigenvalue weighted by Gasteiger charge is 2.21. The lowest BCUT2D eigenvalue weighted by Gasteiger charge is -2.24. The lowest BCUT2D eigenvalue weighted by atomic mass is 10.00. The van der Waals surface area contributed by atoms with E-state index in [-0.39, 0.29) is 6.04 Å². The van der Waals surface area contributed by atoms with Crippen LogP contribution in [-0.2, 0) is 0 Å². The summed E-state index contributed by atoms with van der Waals surface area (Å²) in [6, 6.07) is 3.49. The third-order valence-corrected chi connectivity index (χ3v) is 2.58. The molecule has 3 nitrogen and oxygen atoms in total. The van der Waals surface area contributed by atoms with E-state index in [1.54, 1.807) is 6.07 Å². The van der Waals surface area contributed by atoms with Crippen molar-refractivity contribution in [1.29, 1.82) is 0 Å². The van der Waals surface area contributed by atoms with Gasteiger partial charge in [-0.25, -0.2) is 0 Å². The Morgan fingerprint density at radius 1 is 1.46 bits per heavy atom. The molecular formula is C9H11ClN2O. The number of rotatable bonds is 0. The van der Waals surface area contributed by atoms with E-state index in [9.17, 15) is 0 Å². The van der Waals surface area contributed by atoms with Crippen LogP contribution in [0.5, 0.6) is 5.75 Å². The molecule has 1 atom stereocenters. The zero-order valence-corrected chi connectivity index (χ0v) is 7.84. The third kappa shape index (κ3) is 1.34. The summed E-state index contributed by atoms with van der Waals surface area (Å²) < 4.78 is 5.41. The standard InChI is InChI=1S/C9H11ClN2O/c10-5-1-2-7-8(9(5)12)6(11)3-4-13-7/h1-2,6H,3-4,11-12H2/t6-/m1/s1. The summed E-state index contributed by atoms with van der Waals surface area (Å²) >= 11 is 5.87. The summed E-state index contributed by atoms with van der Waals surface area (Å²) in [7, 11) is 0. The molecule has 4 heteroatoms. The Morgan fingerprint density at radius 3 is 3.00 bits per heavy atom. The maximum Gasteiger partial charge on any atom is 0.126 e. The van der Waals surface area contributed by atoms with Crippen molar-refractivity contribution in [3.8, 4) is 5.75 Å². The van der Waals surface area contributed by atoms with Gasteiger partial charge < -0.3 is 16.2 Å². The second-order valence-corrected chi connectivity index (χ2v) is 3.52. The van der Waals surface area contributed by atoms with Crippen LogP contribution in [0.25, 0.3) is 0 Å². The van der Waals surface area contributed by atoms with Gasteiger partial charge in [0.15, 0.2) is 0 Å². The van der Waals surface area contributed by atoms with Crippen LogP contribution >= 0.6 is 11.6 Å². The molecule has 2 rings (SSSR count). The molecule has 0 saturated heterocycles. The monoisotopic (exact) mass is 198 g/mol. The van der Waals surface area contributed by atoms with Gasteiger partial charge in [-0.3, -0.25) is 0 Å². The Morgan fingerprint density at radius 2 is 2.23 bits per heavy atom. The van der Waals surface area contributed by atoms with Crippen LogP contribution in [-0.4, -0.2) is 6.61 Å². The van der Waals surface area contributed by atoms with E-state index in [1.807, 2.05) is 6.07 Å². The molecular weight excluding hydrogens is 188 g/mol. The molecule has 0 spiro atoms. The van der Waals surface area contributed by atoms with Crippen molar-refractivity contribution >= 4 is 17.3 Å². The topological polar surface area (TPSA) is 61.3 Å². The molecule has 0 aromatic heterocycles. The fourth-order valence-electron chi connectivity index (χ4n) is 1.54. The first-order valence-electron chi connectivity index (χ1n) is 4.16. The first-order chi connectivity index (χ1) is 6.20. The van der Waals surface area contributed by atoms with Gasteiger partial charge in [0.2, 0.25) is 0 Å². The fraction of sp³-hybridized carbons (Fsp3) is 0.333. The van der Waals surface area contributed by atoms with Gasteiger partial charge in [-0.1, -0.05) is 11.6 Å². The van der Waals surface area contributed by atoms with Crippen molar-refractivity contribution in [2.75, 3.05) is 12.3 Å². The van der Waals surface area contributed by atoms with Crippen molar-refractivity contribution in [1.82, 2.24) is 0 Å². The number of ether oxygens (including phenoxy) is 1. The van der Waals surface area contributed by atoms with E-state index >= 15 is 0 Å². The van der Waals surface area contributed by atoms with E-state index in [2.05, 4.69) is 0 Å². The normalized spacial score (nSPS) is 20.6. The zero-order chi connectivity index (χ0) is 9.42. The summed E-state index contributed by atoms with van der Waals surface area (Å²) in [5.74, 6) is 0.764. The minimum Gasteiger partial charge on any atom is -0.493 e. The molecule has 13 heavy (non-hydrogen) atoms. The van der Waals surface area contributed by atoms with Crippen LogP contribution < -0.4 is 16.2 Å². The minimum atomic E-state index is -0.0533. The van der Waals surface area contributed by atoms with Crippen LogP contribution in [0.15, 0.2) is 12.1 Å². The van der Waals surface area contributed by atoms with E-state index in [4.69, 9.17) is 27.8 Å². The largest absolute Gasteiger partial charge is 0.493 e. The lowest BCUT2D eigenvalue weighted by molar-refractivity contribution is 0.269. The molecule has 0 saturated carbocycles. The lowest BCUT2D eigenvalue weighted by Crippen LogP contribution is -2.22. The second kappa shape index (κ2) is 3.09. The van der Waals surface area contributed by atoms with Gasteiger partial charge in [0.1, 0.15) is 5.75 Å². The number of halogens is 1. The van der Waals surface area contributed by atoms with Crippen molar-refractivity contribution < 1.29 is 4.74 Å². The molecule has 0 amide bonds. The van der Waals surface area contributed by atoms with E-state index in [1.165, 1.54) is 0 Å². The maximum absolute atomic E-state index is 5.90. The van der Waals surface area contributed by atoms with Crippen molar-refractivity contribution in [3.63, 3.8) is 0 Å². The predicted octanol–water partition coefficient (Wildman–Crippen LogP) is 1.70. The van der Waals surface area contributed by atoms with Gasteiger partial charge in [0.05, 0.1) is 17.3 Å². The van der Waals surface area contributed by atoms with Crippen LogP contribution in [0.2, 0.25) is 5.02 Å². The Balaban J connectivity index is 2.58. The highest BCUT2D eigenvalue weighted by molar-refractivity contribution is 6.33. The summed E-state index contributed by atoms with van der Waals surface area (Å²) in [6.45, 7) is 0.648. The van der Waals surface area contributed by atoms with Gasteiger partial charge in [-0.2, -0.15) is 0 Å². The number of nitrogens with two attached hydrogens (primary N) is 2. The van der Waals surface area contributed by atoms with Gasteiger partial charge in [-0.05, 0) is 12.1 Å². The van der Waals surface area contributed by atoms with Crippen molar-refractivity contribution in [3.05, 3.63) is 22.7 Å². The number of fused-ring (bicyclic) bond motifs is 1. The van der Waals surface area contributed by atoms with Crippen molar-refractivity contribution in [2.24, 2.45) is 5.73 Å². The molecule has 1 aliphatic rings. The number of nitrogen functional groups attached to an aromatic ring is 1. The number of anilines is 1. The highest BCUT2D eigenvalue weighted by atomic mass is 35.5. The second-order valence-electron chi connectivity index (χ2n) is 3.12. The molecule has 4 N–H and O–H groups in total. The molecule has 0 fully saturated rings. The van der Waals surface area contributed by atoms with Crippen LogP contribution in [0, 0.1) is 0 Å². The smallest absolute Gasteiger partial charge is 0.126 e. The summed E-state index contributed by atoms with van der Waals surface area (Å²) in [4.78, 5) is 0. The molecule has 1 aromatic carbocycles. The number of hydrogen-bond donors (Lipinski definition) is 2. The average molecular weight is 199 g/mol. The minimum absolute atomic E-state index is 0.0533. The Kier molecular flexibility index (Phi) is 2.06. The van der Waals surface area contributed by atoms with E-state index in [0.29, 0.717) is 17.3 Å². The Hall–Kier alpha value is -0.930. The number of benzene rings is 1.